The van der Waals surface area contributed by atoms with Gasteiger partial charge in [0.25, 0.3) is 0 Å². The molecule has 0 aromatic heterocycles. The molecule has 0 fully saturated rings. The van der Waals surface area contributed by atoms with E-state index in [-0.39, 0.29) is 0 Å². The molecule has 0 bridgehead atoms. The van der Waals surface area contributed by atoms with Gasteiger partial charge in [0, 0.05) is 6.42 Å². The van der Waals surface area contributed by atoms with Gasteiger partial charge in [0.1, 0.15) is 0 Å². The Labute approximate surface area is 142 Å². The quantitative estimate of drug-likeness (QED) is 0.535. The average Bonchev–Trinajstić information content (AvgIpc) is 2.71. The van der Waals surface area contributed by atoms with Crippen molar-refractivity contribution in [3.63, 3.8) is 0 Å². The van der Waals surface area contributed by atoms with Crippen LogP contribution in [0.25, 0.3) is 6.08 Å². The summed E-state index contributed by atoms with van der Waals surface area (Å²) in [7, 11) is 9.87. The van der Waals surface area contributed by atoms with E-state index in [1.54, 1.807) is 0 Å². The van der Waals surface area contributed by atoms with Crippen LogP contribution in [0.5, 0.6) is 0 Å². The summed E-state index contributed by atoms with van der Waals surface area (Å²) >= 11 is -0.826. The van der Waals surface area contributed by atoms with Gasteiger partial charge in [-0.05, 0) is 53.5 Å². The van der Waals surface area contributed by atoms with Crippen LogP contribution in [0.2, 0.25) is 0 Å². The zero-order valence-electron chi connectivity index (χ0n) is 13.1. The summed E-state index contributed by atoms with van der Waals surface area (Å²) in [6.07, 6.45) is 4.67. The Morgan fingerprint density at radius 2 is 1.40 bits per heavy atom. The van der Waals surface area contributed by atoms with Gasteiger partial charge >= 0.3 is 37.9 Å². The summed E-state index contributed by atoms with van der Waals surface area (Å²) in [5.41, 5.74) is 8.77. The number of benzene rings is 1. The summed E-state index contributed by atoms with van der Waals surface area (Å²) in [6, 6.07) is 2.42. The van der Waals surface area contributed by atoms with E-state index in [0.717, 1.165) is 0 Å². The molecular formula is C17H23Cl2Zr. The van der Waals surface area contributed by atoms with E-state index in [1.807, 2.05) is 0 Å². The van der Waals surface area contributed by atoms with E-state index >= 15 is 0 Å². The van der Waals surface area contributed by atoms with Crippen LogP contribution >= 0.6 is 17.0 Å². The Balaban J connectivity index is 0.000000612. The third-order valence-electron chi connectivity index (χ3n) is 3.74. The van der Waals surface area contributed by atoms with Crippen LogP contribution in [-0.2, 0) is 20.8 Å². The number of fused-ring (bicyclic) bond motifs is 1. The van der Waals surface area contributed by atoms with Gasteiger partial charge in [0.15, 0.2) is 0 Å². The first-order valence-corrected chi connectivity index (χ1v) is 13.3. The molecule has 1 radical (unpaired) electrons. The van der Waals surface area contributed by atoms with Crippen molar-refractivity contribution < 1.29 is 20.8 Å². The molecule has 2 rings (SSSR count). The predicted octanol–water partition coefficient (Wildman–Crippen LogP) is 6.59. The van der Waals surface area contributed by atoms with Crippen LogP contribution in [-0.4, -0.2) is 0 Å². The summed E-state index contributed by atoms with van der Waals surface area (Å²) in [6.45, 7) is 13.6. The molecule has 0 aliphatic heterocycles. The minimum atomic E-state index is -0.826. The molecule has 3 heteroatoms. The van der Waals surface area contributed by atoms with Crippen molar-refractivity contribution in [2.75, 3.05) is 0 Å². The second-order valence-electron chi connectivity index (χ2n) is 5.92. The molecule has 0 saturated heterocycles. The SMILES string of the molecule is CC1=Cc2c(C(C)C)cc(C(C)C)c(C)c2[CH]1.[Cl][Zr][Cl]. The molecule has 1 aliphatic rings. The molecule has 109 valence electrons. The molecule has 0 spiro atoms. The standard InChI is InChI=1S/C17H23.2ClH.Zr/c1-10(2)14-9-15(11(3)4)17-8-12(5)7-16(17)13(14)6;;;/h7-11H,1-6H3;2*1H;/q;;;+2/p-2. The van der Waals surface area contributed by atoms with Gasteiger partial charge < -0.3 is 0 Å². The summed E-state index contributed by atoms with van der Waals surface area (Å²) in [5, 5.41) is 0. The van der Waals surface area contributed by atoms with Crippen molar-refractivity contribution in [1.82, 2.24) is 0 Å². The summed E-state index contributed by atoms with van der Waals surface area (Å²) in [5.74, 6) is 1.20. The Morgan fingerprint density at radius 1 is 0.900 bits per heavy atom. The van der Waals surface area contributed by atoms with Crippen LogP contribution < -0.4 is 0 Å². The first-order chi connectivity index (χ1) is 9.33. The van der Waals surface area contributed by atoms with Gasteiger partial charge in [-0.1, -0.05) is 45.4 Å². The van der Waals surface area contributed by atoms with Gasteiger partial charge in [-0.25, -0.2) is 0 Å². The zero-order chi connectivity index (χ0) is 15.4. The molecule has 0 atom stereocenters. The Kier molecular flexibility index (Phi) is 7.54. The van der Waals surface area contributed by atoms with Crippen LogP contribution in [0.3, 0.4) is 0 Å². The molecule has 0 unspecified atom stereocenters. The van der Waals surface area contributed by atoms with Crippen LogP contribution in [0, 0.1) is 13.3 Å². The number of allylic oxidation sites excluding steroid dienone is 1. The van der Waals surface area contributed by atoms with Crippen molar-refractivity contribution in [2.45, 2.75) is 53.4 Å². The van der Waals surface area contributed by atoms with E-state index in [2.05, 4.69) is 60.1 Å². The van der Waals surface area contributed by atoms with E-state index in [4.69, 9.17) is 17.0 Å². The fraction of sp³-hybridized carbons (Fsp3) is 0.471. The van der Waals surface area contributed by atoms with Crippen molar-refractivity contribution in [3.8, 4) is 0 Å². The normalized spacial score (nSPS) is 13.0. The molecule has 1 aliphatic carbocycles. The van der Waals surface area contributed by atoms with Crippen LogP contribution in [0.1, 0.15) is 74.3 Å². The average molecular weight is 390 g/mol. The van der Waals surface area contributed by atoms with E-state index in [0.29, 0.717) is 11.8 Å². The van der Waals surface area contributed by atoms with Gasteiger partial charge in [-0.3, -0.25) is 0 Å². The Hall–Kier alpha value is 0.423. The molecule has 0 N–H and O–H groups in total. The predicted molar refractivity (Wildman–Crippen MR) is 88.1 cm³/mol. The van der Waals surface area contributed by atoms with E-state index in [9.17, 15) is 0 Å². The second-order valence-corrected chi connectivity index (χ2v) is 9.65. The molecule has 1 aromatic carbocycles. The molecule has 0 amide bonds. The molecule has 0 heterocycles. The third-order valence-corrected chi connectivity index (χ3v) is 3.74. The van der Waals surface area contributed by atoms with Crippen molar-refractivity contribution in [1.29, 1.82) is 0 Å². The van der Waals surface area contributed by atoms with E-state index in [1.165, 1.54) is 33.4 Å². The third kappa shape index (κ3) is 4.22. The van der Waals surface area contributed by atoms with Crippen LogP contribution in [0.15, 0.2) is 11.6 Å². The minimum absolute atomic E-state index is 0.595. The number of hydrogen-bond donors (Lipinski definition) is 0. The number of rotatable bonds is 2. The first kappa shape index (κ1) is 18.5. The van der Waals surface area contributed by atoms with Gasteiger partial charge in [-0.2, -0.15) is 0 Å². The zero-order valence-corrected chi connectivity index (χ0v) is 17.1. The van der Waals surface area contributed by atoms with Gasteiger partial charge in [-0.15, -0.1) is 0 Å². The van der Waals surface area contributed by atoms with Gasteiger partial charge in [0.05, 0.1) is 0 Å². The summed E-state index contributed by atoms with van der Waals surface area (Å²) in [4.78, 5) is 0. The Morgan fingerprint density at radius 3 is 1.85 bits per heavy atom. The molecule has 1 aromatic rings. The maximum atomic E-state index is 4.93. The van der Waals surface area contributed by atoms with Crippen molar-refractivity contribution in [3.05, 3.63) is 45.9 Å². The van der Waals surface area contributed by atoms with E-state index < -0.39 is 20.8 Å². The Bertz CT molecular complexity index is 502. The number of halogens is 2. The summed E-state index contributed by atoms with van der Waals surface area (Å²) < 4.78 is 0. The van der Waals surface area contributed by atoms with Crippen molar-refractivity contribution in [2.24, 2.45) is 0 Å². The first-order valence-electron chi connectivity index (χ1n) is 7.00. The molecule has 20 heavy (non-hydrogen) atoms. The van der Waals surface area contributed by atoms with Crippen LogP contribution in [0.4, 0.5) is 0 Å². The topological polar surface area (TPSA) is 0 Å². The molecular weight excluding hydrogens is 366 g/mol. The molecule has 0 nitrogen and oxygen atoms in total. The monoisotopic (exact) mass is 387 g/mol. The fourth-order valence-corrected chi connectivity index (χ4v) is 2.79. The van der Waals surface area contributed by atoms with Crippen molar-refractivity contribution >= 4 is 23.1 Å². The fourth-order valence-electron chi connectivity index (χ4n) is 2.79. The maximum absolute atomic E-state index is 4.93. The molecule has 0 saturated carbocycles. The second kappa shape index (κ2) is 8.16. The number of hydrogen-bond acceptors (Lipinski definition) is 0. The van der Waals surface area contributed by atoms with Gasteiger partial charge in [0.2, 0.25) is 0 Å².